The van der Waals surface area contributed by atoms with Crippen LogP contribution in [0.15, 0.2) is 52.0 Å². The molecule has 0 atom stereocenters. The first-order chi connectivity index (χ1) is 11.5. The van der Waals surface area contributed by atoms with E-state index < -0.39 is 10.8 Å². The Bertz CT molecular complexity index is 781. The molecule has 24 heavy (non-hydrogen) atoms. The summed E-state index contributed by atoms with van der Waals surface area (Å²) in [7, 11) is 0. The maximum absolute atomic E-state index is 11.6. The summed E-state index contributed by atoms with van der Waals surface area (Å²) in [4.78, 5) is 21.8. The summed E-state index contributed by atoms with van der Waals surface area (Å²) in [6.07, 6.45) is 1.23. The van der Waals surface area contributed by atoms with Gasteiger partial charge in [-0.15, -0.1) is 0 Å². The second kappa shape index (κ2) is 8.42. The van der Waals surface area contributed by atoms with Crippen molar-refractivity contribution in [3.63, 3.8) is 0 Å². The first kappa shape index (κ1) is 17.9. The van der Waals surface area contributed by atoms with Crippen LogP contribution >= 0.6 is 27.5 Å². The Morgan fingerprint density at radius 3 is 2.71 bits per heavy atom. The Hall–Kier alpha value is -2.45. The first-order valence-electron chi connectivity index (χ1n) is 6.60. The van der Waals surface area contributed by atoms with E-state index in [0.29, 0.717) is 11.3 Å². The van der Waals surface area contributed by atoms with Crippen molar-refractivity contribution in [2.24, 2.45) is 5.10 Å². The van der Waals surface area contributed by atoms with E-state index in [1.807, 2.05) is 0 Å². The van der Waals surface area contributed by atoms with Gasteiger partial charge in [0.2, 0.25) is 0 Å². The zero-order chi connectivity index (χ0) is 17.5. The van der Waals surface area contributed by atoms with Gasteiger partial charge in [0, 0.05) is 27.2 Å². The minimum absolute atomic E-state index is 0.120. The lowest BCUT2D eigenvalue weighted by Gasteiger charge is -2.04. The number of hydrazone groups is 1. The zero-order valence-electron chi connectivity index (χ0n) is 12.1. The molecule has 1 amide bonds. The van der Waals surface area contributed by atoms with E-state index in [0.717, 1.165) is 4.47 Å². The fraction of sp³-hybridized carbons (Fsp3) is 0.0667. The summed E-state index contributed by atoms with van der Waals surface area (Å²) in [6, 6.07) is 10.9. The number of hydrogen-bond donors (Lipinski definition) is 1. The zero-order valence-corrected chi connectivity index (χ0v) is 14.5. The molecule has 0 saturated heterocycles. The average Bonchev–Trinajstić information content (AvgIpc) is 2.56. The van der Waals surface area contributed by atoms with Gasteiger partial charge in [0.1, 0.15) is 5.75 Å². The van der Waals surface area contributed by atoms with E-state index in [1.54, 1.807) is 24.3 Å². The number of ether oxygens (including phenoxy) is 1. The third-order valence-corrected chi connectivity index (χ3v) is 3.64. The van der Waals surface area contributed by atoms with Crippen LogP contribution in [0.1, 0.15) is 5.56 Å². The minimum atomic E-state index is -0.543. The number of nitro groups is 1. The largest absolute Gasteiger partial charge is 0.484 e. The van der Waals surface area contributed by atoms with Gasteiger partial charge in [-0.2, -0.15) is 5.10 Å². The monoisotopic (exact) mass is 411 g/mol. The highest BCUT2D eigenvalue weighted by molar-refractivity contribution is 9.10. The fourth-order valence-corrected chi connectivity index (χ4v) is 2.06. The molecule has 2 rings (SSSR count). The highest BCUT2D eigenvalue weighted by Crippen LogP contribution is 2.20. The molecule has 0 radical (unpaired) electrons. The maximum atomic E-state index is 11.6. The number of rotatable bonds is 6. The Labute approximate surface area is 150 Å². The van der Waals surface area contributed by atoms with Crippen LogP contribution in [0.25, 0.3) is 0 Å². The normalized spacial score (nSPS) is 10.6. The van der Waals surface area contributed by atoms with E-state index in [2.05, 4.69) is 26.5 Å². The first-order valence-corrected chi connectivity index (χ1v) is 7.77. The molecule has 2 aromatic carbocycles. The van der Waals surface area contributed by atoms with Gasteiger partial charge in [0.15, 0.2) is 6.61 Å². The minimum Gasteiger partial charge on any atom is -0.484 e. The van der Waals surface area contributed by atoms with Crippen LogP contribution in [0.4, 0.5) is 5.69 Å². The molecule has 0 unspecified atom stereocenters. The predicted octanol–water partition coefficient (Wildman–Crippen LogP) is 3.54. The number of amides is 1. The van der Waals surface area contributed by atoms with Crippen molar-refractivity contribution >= 4 is 45.3 Å². The van der Waals surface area contributed by atoms with Crippen molar-refractivity contribution in [3.8, 4) is 5.75 Å². The summed E-state index contributed by atoms with van der Waals surface area (Å²) in [6.45, 7) is -0.221. The molecule has 1 N–H and O–H groups in total. The van der Waals surface area contributed by atoms with Crippen LogP contribution in [0.2, 0.25) is 5.02 Å². The summed E-state index contributed by atoms with van der Waals surface area (Å²) < 4.78 is 6.18. The number of carbonyl (C=O) groups is 1. The fourth-order valence-electron chi connectivity index (χ4n) is 1.63. The lowest BCUT2D eigenvalue weighted by atomic mass is 10.2. The van der Waals surface area contributed by atoms with Crippen molar-refractivity contribution in [3.05, 3.63) is 67.6 Å². The highest BCUT2D eigenvalue weighted by Gasteiger charge is 2.08. The molecule has 0 aromatic heterocycles. The molecule has 124 valence electrons. The number of nitrogens with zero attached hydrogens (tertiary/aromatic N) is 2. The van der Waals surface area contributed by atoms with Crippen LogP contribution < -0.4 is 10.2 Å². The lowest BCUT2D eigenvalue weighted by molar-refractivity contribution is -0.384. The van der Waals surface area contributed by atoms with Crippen molar-refractivity contribution in [1.29, 1.82) is 0 Å². The Kier molecular flexibility index (Phi) is 6.28. The van der Waals surface area contributed by atoms with Gasteiger partial charge in [0.05, 0.1) is 11.1 Å². The molecular formula is C15H11BrClN3O4. The number of nitrogens with one attached hydrogen (secondary N) is 1. The summed E-state index contributed by atoms with van der Waals surface area (Å²) >= 11 is 9.21. The third-order valence-electron chi connectivity index (χ3n) is 2.77. The molecule has 7 nitrogen and oxygen atoms in total. The molecule has 0 fully saturated rings. The van der Waals surface area contributed by atoms with Crippen molar-refractivity contribution in [1.82, 2.24) is 5.43 Å². The standard InChI is InChI=1S/C15H11BrClN3O4/c16-11-1-4-13(5-2-11)24-9-15(21)19-18-8-10-7-12(20(22)23)3-6-14(10)17/h1-8H,9H2,(H,19,21). The molecule has 0 bridgehead atoms. The molecule has 0 heterocycles. The summed E-state index contributed by atoms with van der Waals surface area (Å²) in [5, 5.41) is 14.7. The second-order valence-electron chi connectivity index (χ2n) is 4.50. The molecule has 0 aliphatic carbocycles. The van der Waals surface area contributed by atoms with Crippen LogP contribution in [-0.4, -0.2) is 23.7 Å². The van der Waals surface area contributed by atoms with Gasteiger partial charge < -0.3 is 4.74 Å². The van der Waals surface area contributed by atoms with Crippen molar-refractivity contribution in [2.75, 3.05) is 6.61 Å². The van der Waals surface area contributed by atoms with Crippen LogP contribution in [-0.2, 0) is 4.79 Å². The molecule has 0 aliphatic heterocycles. The van der Waals surface area contributed by atoms with E-state index in [9.17, 15) is 14.9 Å². The highest BCUT2D eigenvalue weighted by atomic mass is 79.9. The van der Waals surface area contributed by atoms with Gasteiger partial charge in [-0.05, 0) is 30.3 Å². The SMILES string of the molecule is O=C(COc1ccc(Br)cc1)NN=Cc1cc([N+](=O)[O-])ccc1Cl. The third kappa shape index (κ3) is 5.32. The lowest BCUT2D eigenvalue weighted by Crippen LogP contribution is -2.24. The van der Waals surface area contributed by atoms with Gasteiger partial charge in [0.25, 0.3) is 11.6 Å². The molecule has 9 heteroatoms. The van der Waals surface area contributed by atoms with Crippen LogP contribution in [0.5, 0.6) is 5.75 Å². The van der Waals surface area contributed by atoms with Gasteiger partial charge in [-0.25, -0.2) is 5.43 Å². The average molecular weight is 413 g/mol. The van der Waals surface area contributed by atoms with Crippen LogP contribution in [0.3, 0.4) is 0 Å². The van der Waals surface area contributed by atoms with E-state index in [-0.39, 0.29) is 17.3 Å². The summed E-state index contributed by atoms with van der Waals surface area (Å²) in [5.74, 6) is 0.0646. The van der Waals surface area contributed by atoms with Crippen molar-refractivity contribution in [2.45, 2.75) is 0 Å². The van der Waals surface area contributed by atoms with Crippen LogP contribution in [0, 0.1) is 10.1 Å². The molecule has 0 aliphatic rings. The maximum Gasteiger partial charge on any atom is 0.277 e. The van der Waals surface area contributed by atoms with Gasteiger partial charge in [-0.1, -0.05) is 27.5 Å². The number of benzene rings is 2. The number of carbonyl (C=O) groups excluding carboxylic acids is 1. The van der Waals surface area contributed by atoms with Gasteiger partial charge in [-0.3, -0.25) is 14.9 Å². The number of hydrogen-bond acceptors (Lipinski definition) is 5. The van der Waals surface area contributed by atoms with Gasteiger partial charge >= 0.3 is 0 Å². The molecule has 0 saturated carbocycles. The topological polar surface area (TPSA) is 93.8 Å². The van der Waals surface area contributed by atoms with Crippen molar-refractivity contribution < 1.29 is 14.5 Å². The summed E-state index contributed by atoms with van der Waals surface area (Å²) in [5.41, 5.74) is 2.46. The number of halogens is 2. The Morgan fingerprint density at radius 1 is 1.33 bits per heavy atom. The smallest absolute Gasteiger partial charge is 0.277 e. The molecule has 0 spiro atoms. The molecule has 2 aromatic rings. The molecular weight excluding hydrogens is 402 g/mol. The quantitative estimate of drug-likeness (QED) is 0.446. The Morgan fingerprint density at radius 2 is 2.04 bits per heavy atom. The number of non-ortho nitro benzene ring substituents is 1. The van der Waals surface area contributed by atoms with E-state index in [4.69, 9.17) is 16.3 Å². The Balaban J connectivity index is 1.89. The second-order valence-corrected chi connectivity index (χ2v) is 5.82. The predicted molar refractivity (Wildman–Crippen MR) is 93.5 cm³/mol. The number of nitro benzene ring substituents is 1. The van der Waals surface area contributed by atoms with E-state index in [1.165, 1.54) is 24.4 Å². The van der Waals surface area contributed by atoms with E-state index >= 15 is 0 Å².